The van der Waals surface area contributed by atoms with Crippen LogP contribution in [-0.4, -0.2) is 32.1 Å². The first-order valence-electron chi connectivity index (χ1n) is 13.2. The smallest absolute Gasteiger partial charge is 0.163 e. The fourth-order valence-corrected chi connectivity index (χ4v) is 8.55. The van der Waals surface area contributed by atoms with E-state index in [9.17, 15) is 4.79 Å². The Balaban J connectivity index is 1.36. The molecule has 0 bridgehead atoms. The van der Waals surface area contributed by atoms with Gasteiger partial charge in [-0.15, -0.1) is 0 Å². The standard InChI is InChI=1S/C30H39NO2/c1-19-16-26-22(10-13-29(2)27(26)11-14-30(29)12-5-15-33-30)25-17-24(28(32)18-23(19)25)20-6-8-21(9-7-20)31(3)4/h6-9,18-19,24,26-27H,5,10-17H2,1-4H3/t19?,24?,26-,27+,29+,30?/m1/s1. The van der Waals surface area contributed by atoms with Crippen LogP contribution in [0.4, 0.5) is 5.69 Å². The third kappa shape index (κ3) is 3.07. The highest BCUT2D eigenvalue weighted by Gasteiger charge is 2.63. The SMILES string of the molecule is CC1C[C@@H]2C(=C3CC(c4ccc(N(C)C)cc4)C(=O)C=C31)CC[C@@]1(C)[C@H]2CCC12CCCO2. The van der Waals surface area contributed by atoms with Crippen LogP contribution in [0, 0.1) is 23.2 Å². The van der Waals surface area contributed by atoms with Crippen molar-refractivity contribution in [3.8, 4) is 0 Å². The first-order valence-corrected chi connectivity index (χ1v) is 13.2. The maximum Gasteiger partial charge on any atom is 0.163 e. The molecule has 3 nitrogen and oxygen atoms in total. The lowest BCUT2D eigenvalue weighted by molar-refractivity contribution is -0.116. The minimum Gasteiger partial charge on any atom is -0.378 e. The average molecular weight is 446 g/mol. The van der Waals surface area contributed by atoms with Gasteiger partial charge in [-0.1, -0.05) is 31.6 Å². The van der Waals surface area contributed by atoms with E-state index < -0.39 is 0 Å². The van der Waals surface area contributed by atoms with Crippen LogP contribution in [0.15, 0.2) is 47.1 Å². The molecule has 2 saturated carbocycles. The molecule has 4 aliphatic carbocycles. The molecule has 6 atom stereocenters. The van der Waals surface area contributed by atoms with Gasteiger partial charge in [0.25, 0.3) is 0 Å². The van der Waals surface area contributed by atoms with E-state index >= 15 is 0 Å². The van der Waals surface area contributed by atoms with E-state index in [0.717, 1.165) is 18.9 Å². The van der Waals surface area contributed by atoms with Crippen molar-refractivity contribution in [1.82, 2.24) is 0 Å². The molecule has 3 unspecified atom stereocenters. The van der Waals surface area contributed by atoms with Gasteiger partial charge in [0.05, 0.1) is 11.5 Å². The van der Waals surface area contributed by atoms with Crippen molar-refractivity contribution in [2.24, 2.45) is 23.2 Å². The van der Waals surface area contributed by atoms with Crippen molar-refractivity contribution in [2.75, 3.05) is 25.6 Å². The minimum absolute atomic E-state index is 0.0280. The van der Waals surface area contributed by atoms with Crippen LogP contribution in [0.3, 0.4) is 0 Å². The number of allylic oxidation sites excluding steroid dienone is 4. The van der Waals surface area contributed by atoms with Crippen LogP contribution < -0.4 is 4.90 Å². The minimum atomic E-state index is -0.0280. The fraction of sp³-hybridized carbons (Fsp3) is 0.633. The normalized spacial score (nSPS) is 39.9. The Kier molecular flexibility index (Phi) is 4.96. The molecule has 3 fully saturated rings. The monoisotopic (exact) mass is 445 g/mol. The molecule has 1 saturated heterocycles. The molecule has 1 aromatic carbocycles. The number of anilines is 1. The van der Waals surface area contributed by atoms with Crippen LogP contribution in [0.25, 0.3) is 0 Å². The Labute approximate surface area is 199 Å². The number of hydrogen-bond donors (Lipinski definition) is 0. The van der Waals surface area contributed by atoms with Gasteiger partial charge in [-0.3, -0.25) is 4.79 Å². The summed E-state index contributed by atoms with van der Waals surface area (Å²) in [6.07, 6.45) is 11.7. The van der Waals surface area contributed by atoms with E-state index in [4.69, 9.17) is 4.74 Å². The van der Waals surface area contributed by atoms with Crippen LogP contribution in [0.1, 0.15) is 76.7 Å². The average Bonchev–Trinajstić information content (AvgIpc) is 3.40. The topological polar surface area (TPSA) is 29.5 Å². The number of carbonyl (C=O) groups excluding carboxylic acids is 1. The van der Waals surface area contributed by atoms with Gasteiger partial charge in [0, 0.05) is 31.8 Å². The molecule has 1 aliphatic heterocycles. The third-order valence-electron chi connectivity index (χ3n) is 10.4. The van der Waals surface area contributed by atoms with Crippen LogP contribution in [0.2, 0.25) is 0 Å². The lowest BCUT2D eigenvalue weighted by atomic mass is 9.53. The molecule has 0 radical (unpaired) electrons. The van der Waals surface area contributed by atoms with Gasteiger partial charge >= 0.3 is 0 Å². The van der Waals surface area contributed by atoms with Crippen molar-refractivity contribution in [2.45, 2.75) is 76.7 Å². The van der Waals surface area contributed by atoms with E-state index in [1.165, 1.54) is 61.8 Å². The summed E-state index contributed by atoms with van der Waals surface area (Å²) in [6.45, 7) is 5.89. The highest BCUT2D eigenvalue weighted by atomic mass is 16.5. The first kappa shape index (κ1) is 21.6. The summed E-state index contributed by atoms with van der Waals surface area (Å²) in [7, 11) is 4.12. The van der Waals surface area contributed by atoms with Crippen molar-refractivity contribution < 1.29 is 9.53 Å². The van der Waals surface area contributed by atoms with E-state index in [-0.39, 0.29) is 11.5 Å². The number of rotatable bonds is 2. The summed E-state index contributed by atoms with van der Waals surface area (Å²) in [4.78, 5) is 15.4. The van der Waals surface area contributed by atoms with Crippen molar-refractivity contribution in [3.05, 3.63) is 52.6 Å². The molecule has 0 aromatic heterocycles. The van der Waals surface area contributed by atoms with Crippen LogP contribution in [-0.2, 0) is 9.53 Å². The van der Waals surface area contributed by atoms with Gasteiger partial charge < -0.3 is 9.64 Å². The van der Waals surface area contributed by atoms with Gasteiger partial charge in [-0.2, -0.15) is 0 Å². The number of nitrogens with zero attached hydrogens (tertiary/aromatic N) is 1. The Morgan fingerprint density at radius 3 is 2.58 bits per heavy atom. The highest BCUT2D eigenvalue weighted by Crippen LogP contribution is 2.67. The zero-order valence-electron chi connectivity index (χ0n) is 20.8. The molecule has 176 valence electrons. The number of fused-ring (bicyclic) bond motifs is 5. The summed E-state index contributed by atoms with van der Waals surface area (Å²) >= 11 is 0. The maximum absolute atomic E-state index is 13.3. The van der Waals surface area contributed by atoms with Gasteiger partial charge in [-0.25, -0.2) is 0 Å². The highest BCUT2D eigenvalue weighted by molar-refractivity contribution is 5.98. The molecule has 6 rings (SSSR count). The summed E-state index contributed by atoms with van der Waals surface area (Å²) in [5.74, 6) is 2.18. The van der Waals surface area contributed by atoms with Gasteiger partial charge in [-0.05, 0) is 104 Å². The summed E-state index contributed by atoms with van der Waals surface area (Å²) in [6, 6.07) is 8.64. The van der Waals surface area contributed by atoms with Crippen molar-refractivity contribution in [3.63, 3.8) is 0 Å². The fourth-order valence-electron chi connectivity index (χ4n) is 8.55. The van der Waals surface area contributed by atoms with Crippen molar-refractivity contribution in [1.29, 1.82) is 0 Å². The van der Waals surface area contributed by atoms with E-state index in [0.29, 0.717) is 23.0 Å². The predicted octanol–water partition coefficient (Wildman–Crippen LogP) is 6.45. The molecule has 5 aliphatic rings. The largest absolute Gasteiger partial charge is 0.378 e. The summed E-state index contributed by atoms with van der Waals surface area (Å²) < 4.78 is 6.53. The van der Waals surface area contributed by atoms with Crippen molar-refractivity contribution >= 4 is 11.5 Å². The number of hydrogen-bond acceptors (Lipinski definition) is 3. The summed E-state index contributed by atoms with van der Waals surface area (Å²) in [5, 5.41) is 0. The molecule has 3 heteroatoms. The molecule has 0 N–H and O–H groups in total. The van der Waals surface area contributed by atoms with Gasteiger partial charge in [0.2, 0.25) is 0 Å². The zero-order chi connectivity index (χ0) is 23.0. The third-order valence-corrected chi connectivity index (χ3v) is 10.4. The van der Waals surface area contributed by atoms with E-state index in [1.54, 1.807) is 11.1 Å². The number of ketones is 1. The Morgan fingerprint density at radius 2 is 1.88 bits per heavy atom. The summed E-state index contributed by atoms with van der Waals surface area (Å²) in [5.41, 5.74) is 7.44. The number of carbonyl (C=O) groups is 1. The van der Waals surface area contributed by atoms with Gasteiger partial charge in [0.15, 0.2) is 5.78 Å². The number of benzene rings is 1. The molecule has 1 heterocycles. The van der Waals surface area contributed by atoms with Crippen LogP contribution in [0.5, 0.6) is 0 Å². The predicted molar refractivity (Wildman–Crippen MR) is 133 cm³/mol. The lowest BCUT2D eigenvalue weighted by Gasteiger charge is -2.53. The molecular weight excluding hydrogens is 406 g/mol. The van der Waals surface area contributed by atoms with E-state index in [1.807, 2.05) is 6.08 Å². The molecule has 0 amide bonds. The molecular formula is C30H39NO2. The quantitative estimate of drug-likeness (QED) is 0.524. The maximum atomic E-state index is 13.3. The molecule has 33 heavy (non-hydrogen) atoms. The van der Waals surface area contributed by atoms with Gasteiger partial charge in [0.1, 0.15) is 0 Å². The Hall–Kier alpha value is -1.87. The second kappa shape index (κ2) is 7.57. The molecule has 1 aromatic rings. The number of ether oxygens (including phenoxy) is 1. The lowest BCUT2D eigenvalue weighted by Crippen LogP contribution is -2.49. The zero-order valence-corrected chi connectivity index (χ0v) is 20.8. The Bertz CT molecular complexity index is 1030. The Morgan fingerprint density at radius 1 is 1.09 bits per heavy atom. The van der Waals surface area contributed by atoms with E-state index in [2.05, 4.69) is 57.1 Å². The second-order valence-electron chi connectivity index (χ2n) is 12.0. The first-order chi connectivity index (χ1) is 15.8. The second-order valence-corrected chi connectivity index (χ2v) is 12.0. The van der Waals surface area contributed by atoms with Crippen LogP contribution >= 0.6 is 0 Å². The molecule has 1 spiro atoms.